The van der Waals surface area contributed by atoms with Crippen molar-refractivity contribution >= 4 is 40.7 Å². The summed E-state index contributed by atoms with van der Waals surface area (Å²) < 4.78 is 4.11. The standard InChI is InChI=1S/C15H19Cl3N2O2/c1-10-8-20(9-11(2)22-10)14(15(16,17)18)19-13(21)12-6-4-3-5-7-12/h3-7,10-11,14H,8-9H2,1-2H3,(H,19,21)/p+1/t10-,11-,14-/m0/s1. The maximum atomic E-state index is 12.4. The van der Waals surface area contributed by atoms with Crippen LogP contribution in [0.1, 0.15) is 24.2 Å². The molecule has 0 unspecified atom stereocenters. The fourth-order valence-electron chi connectivity index (χ4n) is 2.77. The van der Waals surface area contributed by atoms with E-state index in [-0.39, 0.29) is 18.1 Å². The lowest BCUT2D eigenvalue weighted by Gasteiger charge is -2.39. The van der Waals surface area contributed by atoms with E-state index in [1.807, 2.05) is 19.9 Å². The van der Waals surface area contributed by atoms with Gasteiger partial charge in [0, 0.05) is 5.56 Å². The van der Waals surface area contributed by atoms with Crippen LogP contribution in [0.3, 0.4) is 0 Å². The van der Waals surface area contributed by atoms with Crippen molar-refractivity contribution in [3.8, 4) is 0 Å². The predicted octanol–water partition coefficient (Wildman–Crippen LogP) is 1.80. The molecule has 1 fully saturated rings. The Hall–Kier alpha value is -0.520. The van der Waals surface area contributed by atoms with Crippen LogP contribution in [-0.2, 0) is 4.74 Å². The number of ether oxygens (including phenoxy) is 1. The third kappa shape index (κ3) is 4.74. The van der Waals surface area contributed by atoms with Gasteiger partial charge < -0.3 is 9.64 Å². The van der Waals surface area contributed by atoms with Gasteiger partial charge in [0.15, 0.2) is 0 Å². The molecule has 4 nitrogen and oxygen atoms in total. The molecule has 7 heteroatoms. The number of rotatable bonds is 3. The van der Waals surface area contributed by atoms with E-state index in [2.05, 4.69) is 5.32 Å². The molecule has 1 aromatic rings. The number of morpholine rings is 1. The lowest BCUT2D eigenvalue weighted by molar-refractivity contribution is -0.941. The minimum Gasteiger partial charge on any atom is -0.364 e. The van der Waals surface area contributed by atoms with Crippen molar-refractivity contribution in [3.05, 3.63) is 35.9 Å². The first-order valence-corrected chi connectivity index (χ1v) is 8.33. The van der Waals surface area contributed by atoms with Gasteiger partial charge in [-0.15, -0.1) is 0 Å². The Morgan fingerprint density at radius 1 is 1.23 bits per heavy atom. The lowest BCUT2D eigenvalue weighted by Crippen LogP contribution is -3.22. The van der Waals surface area contributed by atoms with Crippen LogP contribution in [0.15, 0.2) is 30.3 Å². The van der Waals surface area contributed by atoms with E-state index in [0.29, 0.717) is 18.7 Å². The number of carbonyl (C=O) groups is 1. The van der Waals surface area contributed by atoms with E-state index in [0.717, 1.165) is 4.90 Å². The number of benzene rings is 1. The molecule has 0 aromatic heterocycles. The Kier molecular flexibility index (Phi) is 5.97. The van der Waals surface area contributed by atoms with Crippen molar-refractivity contribution in [2.75, 3.05) is 13.1 Å². The molecule has 1 heterocycles. The zero-order chi connectivity index (χ0) is 16.3. The first kappa shape index (κ1) is 17.8. The van der Waals surface area contributed by atoms with Crippen LogP contribution < -0.4 is 10.2 Å². The Bertz CT molecular complexity index is 497. The van der Waals surface area contributed by atoms with Crippen molar-refractivity contribution in [1.29, 1.82) is 0 Å². The van der Waals surface area contributed by atoms with Gasteiger partial charge in [-0.1, -0.05) is 53.0 Å². The third-order valence-corrected chi connectivity index (χ3v) is 4.27. The molecule has 0 saturated carbocycles. The molecule has 122 valence electrons. The fourth-order valence-corrected chi connectivity index (χ4v) is 3.40. The second-order valence-electron chi connectivity index (χ2n) is 5.64. The van der Waals surface area contributed by atoms with Gasteiger partial charge >= 0.3 is 0 Å². The van der Waals surface area contributed by atoms with Crippen LogP contribution in [0.4, 0.5) is 0 Å². The Morgan fingerprint density at radius 3 is 2.27 bits per heavy atom. The van der Waals surface area contributed by atoms with Crippen LogP contribution in [0.5, 0.6) is 0 Å². The van der Waals surface area contributed by atoms with Gasteiger partial charge in [-0.2, -0.15) is 0 Å². The minimum absolute atomic E-state index is 0.0437. The van der Waals surface area contributed by atoms with Gasteiger partial charge in [0.1, 0.15) is 25.3 Å². The van der Waals surface area contributed by atoms with E-state index < -0.39 is 9.96 Å². The average Bonchev–Trinajstić information content (AvgIpc) is 2.43. The summed E-state index contributed by atoms with van der Waals surface area (Å²) in [7, 11) is 0. The second kappa shape index (κ2) is 7.37. The molecule has 0 spiro atoms. The number of quaternary nitrogens is 1. The van der Waals surface area contributed by atoms with Crippen LogP contribution >= 0.6 is 34.8 Å². The maximum Gasteiger partial charge on any atom is 0.262 e. The predicted molar refractivity (Wildman–Crippen MR) is 88.7 cm³/mol. The molecule has 0 bridgehead atoms. The molecule has 22 heavy (non-hydrogen) atoms. The van der Waals surface area contributed by atoms with Crippen molar-refractivity contribution < 1.29 is 14.4 Å². The molecule has 0 radical (unpaired) electrons. The Labute approximate surface area is 145 Å². The summed E-state index contributed by atoms with van der Waals surface area (Å²) in [6, 6.07) is 8.89. The number of amides is 1. The van der Waals surface area contributed by atoms with Gasteiger partial charge in [0.05, 0.1) is 0 Å². The Morgan fingerprint density at radius 2 is 1.77 bits per heavy atom. The van der Waals surface area contributed by atoms with E-state index in [4.69, 9.17) is 39.5 Å². The van der Waals surface area contributed by atoms with Gasteiger partial charge in [0.25, 0.3) is 9.70 Å². The van der Waals surface area contributed by atoms with Gasteiger partial charge in [-0.05, 0) is 26.0 Å². The summed E-state index contributed by atoms with van der Waals surface area (Å²) in [6.07, 6.45) is -0.552. The highest BCUT2D eigenvalue weighted by Crippen LogP contribution is 2.28. The highest BCUT2D eigenvalue weighted by molar-refractivity contribution is 6.68. The number of alkyl halides is 3. The molecule has 3 atom stereocenters. The number of carbonyl (C=O) groups excluding carboxylic acids is 1. The average molecular weight is 367 g/mol. The monoisotopic (exact) mass is 365 g/mol. The SMILES string of the molecule is C[C@H]1C[NH+]([C@H](NC(=O)c2ccccc2)C(Cl)(Cl)Cl)C[C@H](C)O1. The van der Waals surface area contributed by atoms with Gasteiger partial charge in [0.2, 0.25) is 6.17 Å². The van der Waals surface area contributed by atoms with Crippen LogP contribution in [0.2, 0.25) is 0 Å². The van der Waals surface area contributed by atoms with Crippen molar-refractivity contribution in [2.45, 2.75) is 36.0 Å². The molecule has 1 amide bonds. The molecule has 1 saturated heterocycles. The largest absolute Gasteiger partial charge is 0.364 e. The summed E-state index contributed by atoms with van der Waals surface area (Å²) in [6.45, 7) is 5.28. The molecule has 1 aliphatic heterocycles. The van der Waals surface area contributed by atoms with E-state index >= 15 is 0 Å². The number of hydrogen-bond donors (Lipinski definition) is 2. The Balaban J connectivity index is 2.15. The molecule has 1 aliphatic rings. The molecule has 2 rings (SSSR count). The summed E-state index contributed by atoms with van der Waals surface area (Å²) >= 11 is 18.3. The summed E-state index contributed by atoms with van der Waals surface area (Å²) in [5.41, 5.74) is 0.538. The molecule has 1 aromatic carbocycles. The highest BCUT2D eigenvalue weighted by Gasteiger charge is 2.44. The van der Waals surface area contributed by atoms with Crippen LogP contribution in [0.25, 0.3) is 0 Å². The number of hydrogen-bond acceptors (Lipinski definition) is 2. The highest BCUT2D eigenvalue weighted by atomic mass is 35.6. The zero-order valence-corrected chi connectivity index (χ0v) is 14.8. The van der Waals surface area contributed by atoms with E-state index in [1.165, 1.54) is 0 Å². The van der Waals surface area contributed by atoms with Gasteiger partial charge in [-0.25, -0.2) is 0 Å². The second-order valence-corrected chi connectivity index (χ2v) is 8.01. The van der Waals surface area contributed by atoms with Crippen molar-refractivity contribution in [1.82, 2.24) is 5.32 Å². The maximum absolute atomic E-state index is 12.4. The van der Waals surface area contributed by atoms with Crippen LogP contribution in [-0.4, -0.2) is 41.2 Å². The first-order valence-electron chi connectivity index (χ1n) is 7.20. The summed E-state index contributed by atoms with van der Waals surface area (Å²) in [5.74, 6) is -0.253. The van der Waals surface area contributed by atoms with Crippen molar-refractivity contribution in [2.24, 2.45) is 0 Å². The molecular weight excluding hydrogens is 347 g/mol. The summed E-state index contributed by atoms with van der Waals surface area (Å²) in [5, 5.41) is 2.86. The smallest absolute Gasteiger partial charge is 0.262 e. The number of halogens is 3. The topological polar surface area (TPSA) is 42.8 Å². The van der Waals surface area contributed by atoms with Crippen LogP contribution in [0, 0.1) is 0 Å². The lowest BCUT2D eigenvalue weighted by atomic mass is 10.2. The van der Waals surface area contributed by atoms with E-state index in [9.17, 15) is 4.79 Å². The van der Waals surface area contributed by atoms with Crippen molar-refractivity contribution in [3.63, 3.8) is 0 Å². The minimum atomic E-state index is -1.60. The molecular formula is C15H20Cl3N2O2+. The summed E-state index contributed by atoms with van der Waals surface area (Å²) in [4.78, 5) is 13.4. The zero-order valence-electron chi connectivity index (χ0n) is 12.5. The quantitative estimate of drug-likeness (QED) is 0.801. The first-order chi connectivity index (χ1) is 10.3. The van der Waals surface area contributed by atoms with Gasteiger partial charge in [-0.3, -0.25) is 10.1 Å². The third-order valence-electron chi connectivity index (χ3n) is 3.61. The molecule has 0 aliphatic carbocycles. The molecule has 2 N–H and O–H groups in total. The normalized spacial score (nSPS) is 27.2. The fraction of sp³-hybridized carbons (Fsp3) is 0.533. The number of nitrogens with one attached hydrogen (secondary N) is 2. The van der Waals surface area contributed by atoms with E-state index in [1.54, 1.807) is 24.3 Å².